The number of hydrogen-bond donors (Lipinski definition) is 0. The Hall–Kier alpha value is 0.531. The van der Waals surface area contributed by atoms with Crippen molar-refractivity contribution in [3.05, 3.63) is 0 Å². The number of hydrogen-bond acceptors (Lipinski definition) is 3. The van der Waals surface area contributed by atoms with Crippen LogP contribution in [0.5, 0.6) is 0 Å². The Bertz CT molecular complexity index is 255. The van der Waals surface area contributed by atoms with Crippen LogP contribution in [0.1, 0.15) is 20.8 Å². The zero-order valence-electron chi connectivity index (χ0n) is 15.3. The molecule has 0 saturated heterocycles. The lowest BCUT2D eigenvalue weighted by Crippen LogP contribution is -2.60. The molecule has 0 N–H and O–H groups in total. The fourth-order valence-electron chi connectivity index (χ4n) is 3.05. The smallest absolute Gasteiger partial charge is 0.339 e. The second-order valence-corrected chi connectivity index (χ2v) is 21.2. The maximum absolute atomic E-state index is 6.12. The standard InChI is InChI=1S/C14H37NO2Si3/c1-10-16-20(12-3,17-11-2)14-13-15(18(4,5)6)19(7,8)9/h10-14H2,1-9H3. The summed E-state index contributed by atoms with van der Waals surface area (Å²) >= 11 is 0. The van der Waals surface area contributed by atoms with Crippen molar-refractivity contribution in [1.82, 2.24) is 4.23 Å². The summed E-state index contributed by atoms with van der Waals surface area (Å²) in [6.07, 6.45) is 0. The summed E-state index contributed by atoms with van der Waals surface area (Å²) in [6.45, 7) is 23.9. The van der Waals surface area contributed by atoms with Crippen LogP contribution in [-0.4, -0.2) is 49.0 Å². The van der Waals surface area contributed by atoms with Crippen LogP contribution < -0.4 is 0 Å². The lowest BCUT2D eigenvalue weighted by atomic mass is 10.8. The molecule has 0 aliphatic heterocycles. The van der Waals surface area contributed by atoms with Gasteiger partial charge in [-0.1, -0.05) is 46.2 Å². The van der Waals surface area contributed by atoms with Crippen molar-refractivity contribution in [2.45, 2.75) is 72.1 Å². The van der Waals surface area contributed by atoms with Gasteiger partial charge in [-0.05, 0) is 26.4 Å². The minimum atomic E-state index is -1.99. The average Bonchev–Trinajstić information content (AvgIpc) is 2.25. The van der Waals surface area contributed by atoms with Crippen molar-refractivity contribution in [3.8, 4) is 0 Å². The van der Waals surface area contributed by atoms with E-state index in [1.807, 2.05) is 0 Å². The fraction of sp³-hybridized carbons (Fsp3) is 1.00. The molecular formula is C14H37NO2Si3. The van der Waals surface area contributed by atoms with E-state index in [2.05, 4.69) is 64.3 Å². The van der Waals surface area contributed by atoms with Gasteiger partial charge in [0, 0.05) is 19.3 Å². The molecule has 0 amide bonds. The highest BCUT2D eigenvalue weighted by atomic mass is 28.4. The summed E-state index contributed by atoms with van der Waals surface area (Å²) in [5.41, 5.74) is 0. The topological polar surface area (TPSA) is 21.7 Å². The first-order chi connectivity index (χ1) is 9.02. The first kappa shape index (κ1) is 20.5. The highest BCUT2D eigenvalue weighted by molar-refractivity contribution is 6.89. The largest absolute Gasteiger partial charge is 0.394 e. The molecule has 0 bridgehead atoms. The van der Waals surface area contributed by atoms with Crippen molar-refractivity contribution in [1.29, 1.82) is 0 Å². The third kappa shape index (κ3) is 6.53. The average molecular weight is 336 g/mol. The van der Waals surface area contributed by atoms with Crippen LogP contribution >= 0.6 is 0 Å². The third-order valence-corrected chi connectivity index (χ3v) is 15.1. The zero-order valence-corrected chi connectivity index (χ0v) is 18.3. The van der Waals surface area contributed by atoms with Crippen LogP contribution in [0.2, 0.25) is 51.4 Å². The molecule has 20 heavy (non-hydrogen) atoms. The van der Waals surface area contributed by atoms with Crippen molar-refractivity contribution in [3.63, 3.8) is 0 Å². The van der Waals surface area contributed by atoms with Crippen LogP contribution in [-0.2, 0) is 8.85 Å². The molecule has 0 aliphatic carbocycles. The summed E-state index contributed by atoms with van der Waals surface area (Å²) in [5.74, 6) is 0. The minimum absolute atomic E-state index is 0.778. The summed E-state index contributed by atoms with van der Waals surface area (Å²) in [6, 6.07) is 2.17. The van der Waals surface area contributed by atoms with Crippen LogP contribution in [0.25, 0.3) is 0 Å². The van der Waals surface area contributed by atoms with E-state index in [0.717, 1.165) is 31.8 Å². The highest BCUT2D eigenvalue weighted by Gasteiger charge is 2.40. The summed E-state index contributed by atoms with van der Waals surface area (Å²) < 4.78 is 15.1. The lowest BCUT2D eigenvalue weighted by Gasteiger charge is -2.45. The molecule has 0 aromatic carbocycles. The molecule has 0 spiro atoms. The van der Waals surface area contributed by atoms with Crippen molar-refractivity contribution >= 4 is 25.0 Å². The first-order valence-corrected chi connectivity index (χ1v) is 17.2. The molecule has 0 fully saturated rings. The van der Waals surface area contributed by atoms with Crippen molar-refractivity contribution in [2.75, 3.05) is 19.8 Å². The van der Waals surface area contributed by atoms with Gasteiger partial charge in [-0.25, -0.2) is 0 Å². The SMILES string of the molecule is CCO[Si](CC)(CCN([Si](C)(C)C)[Si](C)(C)C)OCC. The van der Waals surface area contributed by atoms with Crippen molar-refractivity contribution in [2.24, 2.45) is 0 Å². The summed E-state index contributed by atoms with van der Waals surface area (Å²) in [5, 5.41) is 0. The van der Waals surface area contributed by atoms with Crippen LogP contribution in [0.3, 0.4) is 0 Å². The molecule has 0 aromatic rings. The van der Waals surface area contributed by atoms with Gasteiger partial charge >= 0.3 is 8.56 Å². The molecule has 0 atom stereocenters. The quantitative estimate of drug-likeness (QED) is 0.549. The monoisotopic (exact) mass is 335 g/mol. The van der Waals surface area contributed by atoms with Crippen LogP contribution in [0, 0.1) is 0 Å². The molecule has 0 radical (unpaired) electrons. The van der Waals surface area contributed by atoms with E-state index in [9.17, 15) is 0 Å². The molecular weight excluding hydrogens is 298 g/mol. The van der Waals surface area contributed by atoms with Gasteiger partial charge in [0.05, 0.1) is 0 Å². The van der Waals surface area contributed by atoms with Gasteiger partial charge in [0.25, 0.3) is 0 Å². The predicted octanol–water partition coefficient (Wildman–Crippen LogP) is 4.49. The van der Waals surface area contributed by atoms with Gasteiger partial charge in [0.2, 0.25) is 0 Å². The molecule has 0 aliphatic rings. The Morgan fingerprint density at radius 2 is 1.15 bits per heavy atom. The second-order valence-electron chi connectivity index (χ2n) is 7.37. The van der Waals surface area contributed by atoms with Crippen LogP contribution in [0.4, 0.5) is 0 Å². The molecule has 122 valence electrons. The van der Waals surface area contributed by atoms with Gasteiger partial charge in [-0.2, -0.15) is 0 Å². The van der Waals surface area contributed by atoms with Gasteiger partial charge in [0.15, 0.2) is 0 Å². The zero-order chi connectivity index (χ0) is 16.0. The number of rotatable bonds is 10. The van der Waals surface area contributed by atoms with E-state index in [-0.39, 0.29) is 0 Å². The predicted molar refractivity (Wildman–Crippen MR) is 97.7 cm³/mol. The Kier molecular flexibility index (Phi) is 8.46. The molecule has 0 heterocycles. The number of nitrogens with zero attached hydrogens (tertiary/aromatic N) is 1. The van der Waals surface area contributed by atoms with E-state index >= 15 is 0 Å². The summed E-state index contributed by atoms with van der Waals surface area (Å²) in [4.78, 5) is 0. The molecule has 0 unspecified atom stereocenters. The van der Waals surface area contributed by atoms with E-state index in [1.165, 1.54) is 0 Å². The first-order valence-electron chi connectivity index (χ1n) is 8.08. The van der Waals surface area contributed by atoms with Gasteiger partial charge in [-0.15, -0.1) is 0 Å². The Morgan fingerprint density at radius 3 is 1.40 bits per heavy atom. The lowest BCUT2D eigenvalue weighted by molar-refractivity contribution is 0.182. The van der Waals surface area contributed by atoms with Gasteiger partial charge < -0.3 is 13.1 Å². The maximum Gasteiger partial charge on any atom is 0.339 e. The highest BCUT2D eigenvalue weighted by Crippen LogP contribution is 2.25. The molecule has 0 saturated carbocycles. The molecule has 6 heteroatoms. The maximum atomic E-state index is 6.12. The van der Waals surface area contributed by atoms with Crippen molar-refractivity contribution < 1.29 is 8.85 Å². The Labute approximate surface area is 130 Å². The van der Waals surface area contributed by atoms with Crippen LogP contribution in [0.15, 0.2) is 0 Å². The minimum Gasteiger partial charge on any atom is -0.394 e. The summed E-state index contributed by atoms with van der Waals surface area (Å²) in [7, 11) is -4.54. The molecule has 3 nitrogen and oxygen atoms in total. The van der Waals surface area contributed by atoms with Gasteiger partial charge in [-0.3, -0.25) is 0 Å². The van der Waals surface area contributed by atoms with E-state index < -0.39 is 25.0 Å². The van der Waals surface area contributed by atoms with E-state index in [1.54, 1.807) is 0 Å². The van der Waals surface area contributed by atoms with E-state index in [4.69, 9.17) is 8.85 Å². The second kappa shape index (κ2) is 8.24. The van der Waals surface area contributed by atoms with E-state index in [0.29, 0.717) is 0 Å². The molecule has 0 rings (SSSR count). The normalized spacial score (nSPS) is 14.1. The van der Waals surface area contributed by atoms with Gasteiger partial charge in [0.1, 0.15) is 16.5 Å². The fourth-order valence-corrected chi connectivity index (χ4v) is 15.9. The molecule has 0 aromatic heterocycles. The Morgan fingerprint density at radius 1 is 0.750 bits per heavy atom. The Balaban J connectivity index is 4.96. The third-order valence-electron chi connectivity index (χ3n) is 3.69.